The van der Waals surface area contributed by atoms with Gasteiger partial charge in [-0.15, -0.1) is 0 Å². The highest BCUT2D eigenvalue weighted by molar-refractivity contribution is 6.31. The van der Waals surface area contributed by atoms with Gasteiger partial charge in [0, 0.05) is 17.1 Å². The minimum atomic E-state index is 0.0402. The van der Waals surface area contributed by atoms with Crippen molar-refractivity contribution < 1.29 is 4.79 Å². The molecule has 0 spiro atoms. The van der Waals surface area contributed by atoms with E-state index in [1.165, 1.54) is 0 Å². The molecule has 4 heteroatoms. The van der Waals surface area contributed by atoms with Crippen LogP contribution in [0, 0.1) is 6.92 Å². The smallest absolute Gasteiger partial charge is 0.255 e. The summed E-state index contributed by atoms with van der Waals surface area (Å²) in [7, 11) is 3.93. The number of carbonyl (C=O) groups is 1. The molecule has 0 N–H and O–H groups in total. The van der Waals surface area contributed by atoms with Gasteiger partial charge in [0.25, 0.3) is 5.91 Å². The summed E-state index contributed by atoms with van der Waals surface area (Å²) in [6.07, 6.45) is 0.0680. The monoisotopic (exact) mass is 268 g/mol. The molecule has 1 aromatic carbocycles. The molecule has 0 aromatic heterocycles. The van der Waals surface area contributed by atoms with Crippen LogP contribution in [0.3, 0.4) is 0 Å². The molecule has 0 bridgehead atoms. The van der Waals surface area contributed by atoms with Gasteiger partial charge in [-0.3, -0.25) is 9.69 Å². The summed E-state index contributed by atoms with van der Waals surface area (Å²) < 4.78 is 0. The van der Waals surface area contributed by atoms with Crippen LogP contribution in [0.25, 0.3) is 0 Å². The summed E-state index contributed by atoms with van der Waals surface area (Å²) in [6.45, 7) is 6.59. The quantitative estimate of drug-likeness (QED) is 0.784. The largest absolute Gasteiger partial charge is 0.323 e. The Kier molecular flexibility index (Phi) is 5.17. The first-order valence-corrected chi connectivity index (χ1v) is 6.49. The molecule has 1 atom stereocenters. The zero-order valence-corrected chi connectivity index (χ0v) is 12.5. The van der Waals surface area contributed by atoms with E-state index in [0.717, 1.165) is 5.56 Å². The summed E-state index contributed by atoms with van der Waals surface area (Å²) in [5.41, 5.74) is 1.61. The van der Waals surface area contributed by atoms with Crippen molar-refractivity contribution in [2.75, 3.05) is 20.6 Å². The van der Waals surface area contributed by atoms with E-state index in [4.69, 9.17) is 11.6 Å². The number of hydrogen-bond donors (Lipinski definition) is 0. The molecule has 0 radical (unpaired) electrons. The Labute approximate surface area is 114 Å². The lowest BCUT2D eigenvalue weighted by atomic mass is 10.1. The first kappa shape index (κ1) is 15.0. The molecule has 18 heavy (non-hydrogen) atoms. The fraction of sp³-hybridized carbons (Fsp3) is 0.500. The highest BCUT2D eigenvalue weighted by Crippen LogP contribution is 2.18. The minimum Gasteiger partial charge on any atom is -0.323 e. The third kappa shape index (κ3) is 3.24. The lowest BCUT2D eigenvalue weighted by molar-refractivity contribution is 0.0520. The van der Waals surface area contributed by atoms with Gasteiger partial charge in [-0.2, -0.15) is 0 Å². The molecule has 100 valence electrons. The Bertz CT molecular complexity index is 432. The van der Waals surface area contributed by atoms with E-state index in [9.17, 15) is 4.79 Å². The van der Waals surface area contributed by atoms with Gasteiger partial charge in [0.1, 0.15) is 0 Å². The highest BCUT2D eigenvalue weighted by Gasteiger charge is 2.21. The molecule has 1 aromatic rings. The van der Waals surface area contributed by atoms with Crippen molar-refractivity contribution in [1.29, 1.82) is 0 Å². The summed E-state index contributed by atoms with van der Waals surface area (Å²) in [4.78, 5) is 16.3. The van der Waals surface area contributed by atoms with Crippen molar-refractivity contribution in [2.45, 2.75) is 26.9 Å². The van der Waals surface area contributed by atoms with Gasteiger partial charge in [0.05, 0.1) is 6.17 Å². The second-order valence-electron chi connectivity index (χ2n) is 4.65. The first-order chi connectivity index (χ1) is 8.38. The van der Waals surface area contributed by atoms with Crippen LogP contribution in [0.2, 0.25) is 5.02 Å². The number of aryl methyl sites for hydroxylation is 1. The molecule has 0 heterocycles. The first-order valence-electron chi connectivity index (χ1n) is 6.12. The minimum absolute atomic E-state index is 0.0402. The normalized spacial score (nSPS) is 12.6. The van der Waals surface area contributed by atoms with Crippen LogP contribution < -0.4 is 0 Å². The van der Waals surface area contributed by atoms with Crippen molar-refractivity contribution in [3.8, 4) is 0 Å². The maximum absolute atomic E-state index is 12.4. The number of amides is 1. The van der Waals surface area contributed by atoms with Gasteiger partial charge >= 0.3 is 0 Å². The summed E-state index contributed by atoms with van der Waals surface area (Å²) in [5, 5.41) is 0.690. The highest BCUT2D eigenvalue weighted by atomic mass is 35.5. The second-order valence-corrected chi connectivity index (χ2v) is 5.06. The molecule has 1 unspecified atom stereocenters. The SMILES string of the molecule is CCN(C(=O)c1ccc(Cl)c(C)c1)C(C)N(C)C. The average Bonchev–Trinajstić information content (AvgIpc) is 2.33. The van der Waals surface area contributed by atoms with Gasteiger partial charge < -0.3 is 4.90 Å². The summed E-state index contributed by atoms with van der Waals surface area (Å²) >= 11 is 5.98. The van der Waals surface area contributed by atoms with Crippen LogP contribution in [0.4, 0.5) is 0 Å². The molecule has 1 rings (SSSR count). The van der Waals surface area contributed by atoms with Crippen molar-refractivity contribution in [3.05, 3.63) is 34.3 Å². The predicted molar refractivity (Wildman–Crippen MR) is 76.0 cm³/mol. The molecule has 0 saturated carbocycles. The van der Waals surface area contributed by atoms with E-state index < -0.39 is 0 Å². The van der Waals surface area contributed by atoms with E-state index >= 15 is 0 Å². The van der Waals surface area contributed by atoms with Gasteiger partial charge in [-0.25, -0.2) is 0 Å². The van der Waals surface area contributed by atoms with E-state index in [0.29, 0.717) is 17.1 Å². The standard InChI is InChI=1S/C14H21ClN2O/c1-6-17(11(3)16(4)5)14(18)12-7-8-13(15)10(2)9-12/h7-9,11H,6H2,1-5H3. The molecule has 0 aliphatic rings. The lowest BCUT2D eigenvalue weighted by Gasteiger charge is -2.32. The number of rotatable bonds is 4. The summed E-state index contributed by atoms with van der Waals surface area (Å²) in [6, 6.07) is 5.40. The van der Waals surface area contributed by atoms with E-state index in [2.05, 4.69) is 0 Å². The van der Waals surface area contributed by atoms with Crippen LogP contribution in [-0.4, -0.2) is 42.5 Å². The summed E-state index contributed by atoms with van der Waals surface area (Å²) in [5.74, 6) is 0.0402. The average molecular weight is 269 g/mol. The Morgan fingerprint density at radius 1 is 1.39 bits per heavy atom. The van der Waals surface area contributed by atoms with Crippen LogP contribution in [0.15, 0.2) is 18.2 Å². The number of nitrogens with zero attached hydrogens (tertiary/aromatic N) is 2. The van der Waals surface area contributed by atoms with Crippen LogP contribution >= 0.6 is 11.6 Å². The van der Waals surface area contributed by atoms with Gasteiger partial charge in [-0.1, -0.05) is 11.6 Å². The zero-order valence-electron chi connectivity index (χ0n) is 11.7. The number of halogens is 1. The van der Waals surface area contributed by atoms with E-state index in [1.54, 1.807) is 12.1 Å². The number of carbonyl (C=O) groups excluding carboxylic acids is 1. The Balaban J connectivity index is 3.00. The maximum atomic E-state index is 12.4. The van der Waals surface area contributed by atoms with Crippen molar-refractivity contribution >= 4 is 17.5 Å². The zero-order chi connectivity index (χ0) is 13.9. The molecular weight excluding hydrogens is 248 g/mol. The lowest BCUT2D eigenvalue weighted by Crippen LogP contribution is -2.46. The Morgan fingerprint density at radius 2 is 2.00 bits per heavy atom. The third-order valence-corrected chi connectivity index (χ3v) is 3.63. The van der Waals surface area contributed by atoms with Gasteiger partial charge in [-0.05, 0) is 58.6 Å². The maximum Gasteiger partial charge on any atom is 0.255 e. The van der Waals surface area contributed by atoms with Crippen molar-refractivity contribution in [2.24, 2.45) is 0 Å². The van der Waals surface area contributed by atoms with Crippen molar-refractivity contribution in [3.63, 3.8) is 0 Å². The molecule has 1 amide bonds. The molecular formula is C14H21ClN2O. The second kappa shape index (κ2) is 6.21. The van der Waals surface area contributed by atoms with Gasteiger partial charge in [0.15, 0.2) is 0 Å². The Hall–Kier alpha value is -1.06. The van der Waals surface area contributed by atoms with E-state index in [1.807, 2.05) is 50.7 Å². The Morgan fingerprint density at radius 3 is 2.44 bits per heavy atom. The van der Waals surface area contributed by atoms with Crippen LogP contribution in [-0.2, 0) is 0 Å². The molecule has 0 saturated heterocycles. The fourth-order valence-electron chi connectivity index (χ4n) is 1.80. The molecule has 0 aliphatic carbocycles. The van der Waals surface area contributed by atoms with Gasteiger partial charge in [0.2, 0.25) is 0 Å². The third-order valence-electron chi connectivity index (χ3n) is 3.20. The molecule has 0 aliphatic heterocycles. The topological polar surface area (TPSA) is 23.6 Å². The van der Waals surface area contributed by atoms with Crippen LogP contribution in [0.1, 0.15) is 29.8 Å². The number of benzene rings is 1. The molecule has 0 fully saturated rings. The predicted octanol–water partition coefficient (Wildman–Crippen LogP) is 3.02. The van der Waals surface area contributed by atoms with Crippen LogP contribution in [0.5, 0.6) is 0 Å². The number of hydrogen-bond acceptors (Lipinski definition) is 2. The fourth-order valence-corrected chi connectivity index (χ4v) is 1.92. The van der Waals surface area contributed by atoms with E-state index in [-0.39, 0.29) is 12.1 Å². The molecule has 3 nitrogen and oxygen atoms in total. The van der Waals surface area contributed by atoms with Crippen molar-refractivity contribution in [1.82, 2.24) is 9.80 Å².